The van der Waals surface area contributed by atoms with E-state index >= 15 is 0 Å². The maximum atomic E-state index is 8.38. The molecule has 0 amide bonds. The van der Waals surface area contributed by atoms with Crippen LogP contribution in [0.15, 0.2) is 0 Å². The molecule has 0 heterocycles. The average molecular weight is 364 g/mol. The van der Waals surface area contributed by atoms with Gasteiger partial charge in [-0.15, -0.1) is 0 Å². The Labute approximate surface area is 245 Å². The third kappa shape index (κ3) is 1340. The zero-order valence-corrected chi connectivity index (χ0v) is 20.3. The van der Waals surface area contributed by atoms with Gasteiger partial charge in [-0.05, 0) is 0 Å². The molecule has 0 bridgehead atoms. The Bertz CT molecular complexity index is 185. The first kappa shape index (κ1) is 72.3. The number of hydrogen-bond donors (Lipinski definition) is 0. The predicted octanol–water partition coefficient (Wildman–Crippen LogP) is -8.31. The van der Waals surface area contributed by atoms with Crippen LogP contribution in [-0.2, 0) is 22.5 Å². The van der Waals surface area contributed by atoms with Gasteiger partial charge in [-0.25, -0.2) is 0 Å². The molecule has 0 N–H and O–H groups in total. The Morgan fingerprint density at radius 1 is 0.500 bits per heavy atom. The molecular formula is C6H3FeK3N6O2-6. The second-order valence-electron chi connectivity index (χ2n) is 0.0589. The molecule has 0 radical (unpaired) electrons. The van der Waals surface area contributed by atoms with Crippen molar-refractivity contribution < 1.29 is 181 Å². The third-order valence-electron chi connectivity index (χ3n) is 0. The first-order valence-corrected chi connectivity index (χ1v) is 2.53. The maximum absolute atomic E-state index is 8.38. The van der Waals surface area contributed by atoms with E-state index in [4.69, 9.17) is 78.7 Å². The Morgan fingerprint density at radius 2 is 0.500 bits per heavy atom. The summed E-state index contributed by atoms with van der Waals surface area (Å²) in [4.78, 5) is 0. The first-order valence-electron chi connectivity index (χ1n) is 1.63. The summed E-state index contributed by atoms with van der Waals surface area (Å²) in [5.74, 6) is 0. The van der Waals surface area contributed by atoms with Gasteiger partial charge in [0.2, 0.25) is 0 Å². The van der Waals surface area contributed by atoms with Gasteiger partial charge in [0.1, 0.15) is 0 Å². The summed E-state index contributed by atoms with van der Waals surface area (Å²) in [5, 5.41) is 37.5. The van der Waals surface area contributed by atoms with Crippen LogP contribution in [0.5, 0.6) is 0 Å². The van der Waals surface area contributed by atoms with Crippen LogP contribution >= 0.6 is 0 Å². The second kappa shape index (κ2) is 695. The van der Waals surface area contributed by atoms with Crippen LogP contribution in [-0.4, -0.2) is 0 Å². The van der Waals surface area contributed by atoms with Crippen molar-refractivity contribution in [3.05, 3.63) is 39.4 Å². The van der Waals surface area contributed by atoms with Crippen LogP contribution in [0.4, 0.5) is 0 Å². The van der Waals surface area contributed by atoms with Crippen LogP contribution in [0.25, 0.3) is 0 Å². The normalized spacial score (nSPS) is 1.56. The van der Waals surface area contributed by atoms with E-state index in [0.717, 1.165) is 0 Å². The molecule has 0 aliphatic carbocycles. The quantitative estimate of drug-likeness (QED) is 0.300. The molecule has 12 heteroatoms. The molecule has 0 spiro atoms. The zero-order chi connectivity index (χ0) is 14.7. The summed E-state index contributed by atoms with van der Waals surface area (Å²) in [6, 6.07) is 0. The van der Waals surface area contributed by atoms with Gasteiger partial charge in [0.15, 0.2) is 0 Å². The Kier molecular flexibility index (Phi) is 2790. The fourth-order valence-electron chi connectivity index (χ4n) is 0. The van der Waals surface area contributed by atoms with Crippen molar-refractivity contribution in [3.63, 3.8) is 0 Å². The van der Waals surface area contributed by atoms with E-state index in [2.05, 4.69) is 0 Å². The summed E-state index contributed by atoms with van der Waals surface area (Å²) in [6.45, 7) is 28.5. The van der Waals surface area contributed by atoms with E-state index in [-0.39, 0.29) is 158 Å². The summed E-state index contributed by atoms with van der Waals surface area (Å²) < 4.78 is 16.8. The summed E-state index contributed by atoms with van der Waals surface area (Å²) in [5.41, 5.74) is 0. The van der Waals surface area contributed by atoms with E-state index in [1.54, 1.807) is 0 Å². The predicted molar refractivity (Wildman–Crippen MR) is 34.5 cm³/mol. The van der Waals surface area contributed by atoms with Crippen LogP contribution in [0.3, 0.4) is 0 Å². The van der Waals surface area contributed by atoms with Gasteiger partial charge >= 0.3 is 177 Å². The van der Waals surface area contributed by atoms with Crippen molar-refractivity contribution in [2.45, 2.75) is 0 Å². The molecule has 0 aliphatic rings. The SMILES string of the molecule is [C-]#N.[C-]#N.[C-]#N.[C-]#N.[C-]#N.[C-]#N.[H-].[H-].[H-].[K+].[K+].[K+].[O]=[Fe]=[O]. The molecule has 86 valence electrons. The van der Waals surface area contributed by atoms with E-state index in [9.17, 15) is 0 Å². The van der Waals surface area contributed by atoms with Crippen molar-refractivity contribution in [2.24, 2.45) is 0 Å². The molecule has 0 aromatic rings. The van der Waals surface area contributed by atoms with Crippen molar-refractivity contribution in [1.82, 2.24) is 0 Å². The van der Waals surface area contributed by atoms with Crippen LogP contribution in [0, 0.1) is 71.0 Å². The fraction of sp³-hybridized carbons (Fsp3) is 0. The van der Waals surface area contributed by atoms with E-state index in [1.807, 2.05) is 0 Å². The van der Waals surface area contributed by atoms with Crippen LogP contribution in [0.1, 0.15) is 4.28 Å². The second-order valence-corrected chi connectivity index (χ2v) is 0.243. The van der Waals surface area contributed by atoms with E-state index < -0.39 is 14.8 Å². The molecule has 0 aromatic carbocycles. The van der Waals surface area contributed by atoms with Gasteiger partial charge < -0.3 is 75.3 Å². The van der Waals surface area contributed by atoms with Crippen LogP contribution < -0.4 is 154 Å². The molecule has 18 heavy (non-hydrogen) atoms. The summed E-state index contributed by atoms with van der Waals surface area (Å²) in [7, 11) is 0. The van der Waals surface area contributed by atoms with Gasteiger partial charge in [0.05, 0.1) is 0 Å². The van der Waals surface area contributed by atoms with Crippen molar-refractivity contribution in [2.75, 3.05) is 0 Å². The molecule has 0 rings (SSSR count). The van der Waals surface area contributed by atoms with Crippen molar-refractivity contribution >= 4 is 0 Å². The summed E-state index contributed by atoms with van der Waals surface area (Å²) in [6.07, 6.45) is 0. The van der Waals surface area contributed by atoms with Gasteiger partial charge in [-0.2, -0.15) is 0 Å². The van der Waals surface area contributed by atoms with E-state index in [0.29, 0.717) is 0 Å². The molecule has 0 fully saturated rings. The molecule has 0 atom stereocenters. The van der Waals surface area contributed by atoms with Crippen molar-refractivity contribution in [1.29, 1.82) is 31.6 Å². The van der Waals surface area contributed by atoms with Gasteiger partial charge in [0.25, 0.3) is 0 Å². The number of nitrogens with zero attached hydrogens (tertiary/aromatic N) is 6. The topological polar surface area (TPSA) is 177 Å². The standard InChI is InChI=1S/6CN.Fe.3K.2O.3H/c6*1-2;;;;;;;;;/q6*-1;;3*+1;;;3*-1. The first-order chi connectivity index (χ1) is 7.41. The van der Waals surface area contributed by atoms with Gasteiger partial charge in [0, 0.05) is 0 Å². The molecule has 0 aromatic heterocycles. The Hall–Kier alpha value is 1.97. The van der Waals surface area contributed by atoms with E-state index in [1.165, 1.54) is 0 Å². The van der Waals surface area contributed by atoms with Gasteiger partial charge in [-0.1, -0.05) is 0 Å². The molecule has 0 saturated heterocycles. The molecule has 0 unspecified atom stereocenters. The molecule has 8 nitrogen and oxygen atoms in total. The molecular weight excluding hydrogens is 361 g/mol. The van der Waals surface area contributed by atoms with Crippen LogP contribution in [0.2, 0.25) is 0 Å². The average Bonchev–Trinajstić information content (AvgIpc) is 2.44. The van der Waals surface area contributed by atoms with Gasteiger partial charge in [-0.3, -0.25) is 0 Å². The van der Waals surface area contributed by atoms with Crippen molar-refractivity contribution in [3.8, 4) is 0 Å². The number of hydrogen-bond acceptors (Lipinski definition) is 8. The minimum absolute atomic E-state index is 0. The summed E-state index contributed by atoms with van der Waals surface area (Å²) >= 11 is -1.25. The number of rotatable bonds is 0. The fourth-order valence-corrected chi connectivity index (χ4v) is 0. The minimum atomic E-state index is -1.25. The zero-order valence-electron chi connectivity index (χ0n) is 12.9. The Balaban J connectivity index is -0.00000000310. The third-order valence-corrected chi connectivity index (χ3v) is 0. The Morgan fingerprint density at radius 3 is 0.500 bits per heavy atom. The molecule has 0 saturated carbocycles. The molecule has 0 aliphatic heterocycles. The monoisotopic (exact) mass is 364 g/mol.